The molecule has 0 atom stereocenters. The Morgan fingerprint density at radius 2 is 1.55 bits per heavy atom. The molecular weight excluding hydrogens is 408 g/mol. The molecule has 2 aliphatic rings. The summed E-state index contributed by atoms with van der Waals surface area (Å²) in [6.07, 6.45) is 10.8. The monoisotopic (exact) mass is 444 g/mol. The highest BCUT2D eigenvalue weighted by Gasteiger charge is 2.37. The van der Waals surface area contributed by atoms with Gasteiger partial charge in [-0.3, -0.25) is 4.79 Å². The second kappa shape index (κ2) is 8.61. The third-order valence-corrected chi connectivity index (χ3v) is 7.81. The number of carboxylic acid groups (broad SMARTS) is 1. The zero-order valence-corrected chi connectivity index (χ0v) is 20.3. The predicted octanol–water partition coefficient (Wildman–Crippen LogP) is 6.76. The van der Waals surface area contributed by atoms with Crippen molar-refractivity contribution < 1.29 is 15.0 Å². The van der Waals surface area contributed by atoms with Gasteiger partial charge in [0.1, 0.15) is 5.41 Å². The summed E-state index contributed by atoms with van der Waals surface area (Å²) >= 11 is 0. The van der Waals surface area contributed by atoms with Gasteiger partial charge in [-0.2, -0.15) is 0 Å². The van der Waals surface area contributed by atoms with Crippen LogP contribution in [-0.2, 0) is 15.6 Å². The fourth-order valence-electron chi connectivity index (χ4n) is 5.37. The van der Waals surface area contributed by atoms with E-state index in [-0.39, 0.29) is 23.4 Å². The maximum atomic E-state index is 11.9. The zero-order valence-electron chi connectivity index (χ0n) is 20.3. The average molecular weight is 445 g/mol. The number of allylic oxidation sites excluding steroid dienone is 2. The first-order chi connectivity index (χ1) is 15.6. The number of aliphatic carboxylic acids is 1. The summed E-state index contributed by atoms with van der Waals surface area (Å²) in [5.41, 5.74) is 5.84. The Labute approximate surface area is 197 Å². The highest BCUT2D eigenvalue weighted by Crippen LogP contribution is 2.47. The molecule has 0 aromatic heterocycles. The van der Waals surface area contributed by atoms with Crippen molar-refractivity contribution in [3.8, 4) is 11.1 Å². The first kappa shape index (κ1) is 23.5. The average Bonchev–Trinajstić information content (AvgIpc) is 2.81. The molecule has 3 nitrogen and oxygen atoms in total. The number of carbonyl (C=O) groups is 1. The van der Waals surface area contributed by atoms with Crippen LogP contribution in [0.1, 0.15) is 76.0 Å². The van der Waals surface area contributed by atoms with Crippen LogP contribution in [-0.4, -0.2) is 22.8 Å². The minimum absolute atomic E-state index is 0.00303. The standard InChI is InChI=1S/C30H36O3/c1-28(2)16-17-29(3,4)26-20-24(9-10-25(26)28)23-8-5-7-22(19-23)21-11-14-30(15-12-21,27(32)33)13-6-18-31/h5,7-12,14-15,19-21,31H,6,13,16-18H2,1-4H3,(H,32,33). The van der Waals surface area contributed by atoms with E-state index >= 15 is 0 Å². The maximum absolute atomic E-state index is 11.9. The molecule has 2 aliphatic carbocycles. The third-order valence-electron chi connectivity index (χ3n) is 7.81. The van der Waals surface area contributed by atoms with Crippen LogP contribution in [0, 0.1) is 5.41 Å². The van der Waals surface area contributed by atoms with Gasteiger partial charge in [0.15, 0.2) is 0 Å². The predicted molar refractivity (Wildman–Crippen MR) is 135 cm³/mol. The second-order valence-electron chi connectivity index (χ2n) is 11.1. The highest BCUT2D eigenvalue weighted by atomic mass is 16.4. The van der Waals surface area contributed by atoms with E-state index in [2.05, 4.69) is 70.2 Å². The van der Waals surface area contributed by atoms with Crippen molar-refractivity contribution in [3.05, 3.63) is 83.5 Å². The molecule has 0 radical (unpaired) electrons. The quantitative estimate of drug-likeness (QED) is 0.484. The third kappa shape index (κ3) is 4.44. The van der Waals surface area contributed by atoms with E-state index in [1.54, 1.807) is 12.2 Å². The minimum atomic E-state index is -1.02. The zero-order chi connectivity index (χ0) is 23.9. The highest BCUT2D eigenvalue weighted by molar-refractivity contribution is 5.80. The number of fused-ring (bicyclic) bond motifs is 1. The van der Waals surface area contributed by atoms with Crippen LogP contribution < -0.4 is 0 Å². The molecule has 2 aromatic rings. The molecule has 0 amide bonds. The summed E-state index contributed by atoms with van der Waals surface area (Å²) in [6, 6.07) is 15.5. The van der Waals surface area contributed by atoms with Gasteiger partial charge in [0.2, 0.25) is 0 Å². The summed E-state index contributed by atoms with van der Waals surface area (Å²) in [4.78, 5) is 11.9. The molecule has 2 aromatic carbocycles. The summed E-state index contributed by atoms with van der Waals surface area (Å²) in [5, 5.41) is 18.9. The first-order valence-electron chi connectivity index (χ1n) is 12.1. The van der Waals surface area contributed by atoms with E-state index in [9.17, 15) is 9.90 Å². The maximum Gasteiger partial charge on any atom is 0.317 e. The molecule has 174 valence electrons. The molecule has 2 N–H and O–H groups in total. The smallest absolute Gasteiger partial charge is 0.317 e. The number of benzene rings is 2. The van der Waals surface area contributed by atoms with E-state index in [0.717, 1.165) is 5.56 Å². The fraction of sp³-hybridized carbons (Fsp3) is 0.433. The summed E-state index contributed by atoms with van der Waals surface area (Å²) in [7, 11) is 0. The summed E-state index contributed by atoms with van der Waals surface area (Å²) < 4.78 is 0. The molecule has 3 heteroatoms. The lowest BCUT2D eigenvalue weighted by molar-refractivity contribution is -0.144. The Morgan fingerprint density at radius 3 is 2.18 bits per heavy atom. The molecule has 33 heavy (non-hydrogen) atoms. The SMILES string of the molecule is CC1(C)CCC(C)(C)c2cc(-c3cccc(C4C=CC(CCCO)(C(=O)O)C=C4)c3)ccc21. The lowest BCUT2D eigenvalue weighted by Gasteiger charge is -2.42. The molecule has 0 saturated heterocycles. The normalized spacial score (nSPS) is 24.9. The summed E-state index contributed by atoms with van der Waals surface area (Å²) in [6.45, 7) is 9.40. The van der Waals surface area contributed by atoms with Gasteiger partial charge in [-0.15, -0.1) is 0 Å². The molecular formula is C30H36O3. The van der Waals surface area contributed by atoms with Crippen LogP contribution in [0.3, 0.4) is 0 Å². The Hall–Kier alpha value is -2.65. The van der Waals surface area contributed by atoms with Crippen molar-refractivity contribution in [2.75, 3.05) is 6.61 Å². The van der Waals surface area contributed by atoms with E-state index in [1.165, 1.54) is 35.1 Å². The fourth-order valence-corrected chi connectivity index (χ4v) is 5.37. The van der Waals surface area contributed by atoms with Crippen LogP contribution in [0.15, 0.2) is 66.8 Å². The van der Waals surface area contributed by atoms with Crippen molar-refractivity contribution in [3.63, 3.8) is 0 Å². The van der Waals surface area contributed by atoms with Crippen molar-refractivity contribution in [2.24, 2.45) is 5.41 Å². The molecule has 0 heterocycles. The van der Waals surface area contributed by atoms with Crippen LogP contribution in [0.5, 0.6) is 0 Å². The number of aliphatic hydroxyl groups is 1. The van der Waals surface area contributed by atoms with Gasteiger partial charge >= 0.3 is 5.97 Å². The van der Waals surface area contributed by atoms with Crippen molar-refractivity contribution in [2.45, 2.75) is 70.1 Å². The molecule has 0 unspecified atom stereocenters. The Kier molecular flexibility index (Phi) is 6.13. The van der Waals surface area contributed by atoms with Crippen LogP contribution in [0.4, 0.5) is 0 Å². The Morgan fingerprint density at radius 1 is 0.909 bits per heavy atom. The van der Waals surface area contributed by atoms with E-state index < -0.39 is 11.4 Å². The van der Waals surface area contributed by atoms with Gasteiger partial charge in [0.25, 0.3) is 0 Å². The van der Waals surface area contributed by atoms with E-state index in [0.29, 0.717) is 12.8 Å². The van der Waals surface area contributed by atoms with Crippen molar-refractivity contribution in [1.82, 2.24) is 0 Å². The second-order valence-corrected chi connectivity index (χ2v) is 11.1. The van der Waals surface area contributed by atoms with E-state index in [1.807, 2.05) is 12.2 Å². The number of hydrogen-bond donors (Lipinski definition) is 2. The topological polar surface area (TPSA) is 57.5 Å². The summed E-state index contributed by atoms with van der Waals surface area (Å²) in [5.74, 6) is -0.824. The molecule has 4 rings (SSSR count). The molecule has 0 bridgehead atoms. The minimum Gasteiger partial charge on any atom is -0.480 e. The number of hydrogen-bond acceptors (Lipinski definition) is 2. The molecule has 0 spiro atoms. The molecule has 0 fully saturated rings. The van der Waals surface area contributed by atoms with Gasteiger partial charge < -0.3 is 10.2 Å². The van der Waals surface area contributed by atoms with Gasteiger partial charge in [0, 0.05) is 12.5 Å². The number of carboxylic acids is 1. The Bertz CT molecular complexity index is 1090. The van der Waals surface area contributed by atoms with Crippen LogP contribution in [0.2, 0.25) is 0 Å². The van der Waals surface area contributed by atoms with Gasteiger partial charge in [0.05, 0.1) is 0 Å². The van der Waals surface area contributed by atoms with Crippen LogP contribution >= 0.6 is 0 Å². The van der Waals surface area contributed by atoms with Gasteiger partial charge in [-0.1, -0.05) is 94.5 Å². The van der Waals surface area contributed by atoms with Gasteiger partial charge in [-0.05, 0) is 64.3 Å². The lowest BCUT2D eigenvalue weighted by atomic mass is 9.63. The van der Waals surface area contributed by atoms with E-state index in [4.69, 9.17) is 5.11 Å². The largest absolute Gasteiger partial charge is 0.480 e. The number of aliphatic hydroxyl groups excluding tert-OH is 1. The van der Waals surface area contributed by atoms with Gasteiger partial charge in [-0.25, -0.2) is 0 Å². The first-order valence-corrected chi connectivity index (χ1v) is 12.1. The van der Waals surface area contributed by atoms with Crippen LogP contribution in [0.25, 0.3) is 11.1 Å². The van der Waals surface area contributed by atoms with Crippen molar-refractivity contribution in [1.29, 1.82) is 0 Å². The van der Waals surface area contributed by atoms with Crippen molar-refractivity contribution >= 4 is 5.97 Å². The molecule has 0 aliphatic heterocycles. The number of rotatable bonds is 6. The lowest BCUT2D eigenvalue weighted by Crippen LogP contribution is -2.33. The molecule has 0 saturated carbocycles. The Balaban J connectivity index is 1.65.